The van der Waals surface area contributed by atoms with Gasteiger partial charge in [0.25, 0.3) is 0 Å². The summed E-state index contributed by atoms with van der Waals surface area (Å²) in [5, 5.41) is 33.3. The molecule has 0 aromatic heterocycles. The van der Waals surface area contributed by atoms with E-state index in [9.17, 15) is 24.9 Å². The maximum absolute atomic E-state index is 12.8. The minimum atomic E-state index is -1.08. The molecule has 0 aliphatic heterocycles. The van der Waals surface area contributed by atoms with Crippen molar-refractivity contribution in [2.45, 2.75) is 77.8 Å². The van der Waals surface area contributed by atoms with Crippen molar-refractivity contribution >= 4 is 27.5 Å². The number of halogens is 1. The summed E-state index contributed by atoms with van der Waals surface area (Å²) in [5.74, 6) is -0.902. The van der Waals surface area contributed by atoms with Crippen molar-refractivity contribution in [1.82, 2.24) is 0 Å². The molecule has 5 aliphatic rings. The van der Waals surface area contributed by atoms with Crippen LogP contribution in [0.4, 0.5) is 0 Å². The number of alkyl halides is 1. The average molecular weight is 531 g/mol. The van der Waals surface area contributed by atoms with Gasteiger partial charge >= 0.3 is 0 Å². The zero-order valence-corrected chi connectivity index (χ0v) is 22.4. The fourth-order valence-corrected chi connectivity index (χ4v) is 9.68. The van der Waals surface area contributed by atoms with Gasteiger partial charge in [0.1, 0.15) is 6.10 Å². The molecule has 0 aromatic carbocycles. The van der Waals surface area contributed by atoms with Gasteiger partial charge in [0.05, 0.1) is 6.10 Å². The van der Waals surface area contributed by atoms with Gasteiger partial charge in [-0.2, -0.15) is 0 Å². The summed E-state index contributed by atoms with van der Waals surface area (Å²) in [6, 6.07) is 0. The number of carbonyl (C=O) groups excluding carboxylic acids is 2. The van der Waals surface area contributed by atoms with Crippen LogP contribution in [0.5, 0.6) is 0 Å². The Kier molecular flexibility index (Phi) is 5.01. The number of rotatable bonds is 0. The van der Waals surface area contributed by atoms with Crippen LogP contribution in [-0.4, -0.2) is 43.9 Å². The molecule has 3 fully saturated rings. The molecule has 0 bridgehead atoms. The Morgan fingerprint density at radius 2 is 1.71 bits per heavy atom. The molecule has 0 saturated heterocycles. The molecule has 0 spiro atoms. The van der Waals surface area contributed by atoms with Gasteiger partial charge < -0.3 is 15.3 Å². The molecule has 3 saturated carbocycles. The summed E-state index contributed by atoms with van der Waals surface area (Å²) >= 11 is 4.01. The molecule has 34 heavy (non-hydrogen) atoms. The van der Waals surface area contributed by atoms with Crippen molar-refractivity contribution in [3.05, 3.63) is 46.3 Å². The first-order valence-corrected chi connectivity index (χ1v) is 13.2. The van der Waals surface area contributed by atoms with E-state index in [-0.39, 0.29) is 34.0 Å². The molecule has 0 aromatic rings. The summed E-state index contributed by atoms with van der Waals surface area (Å²) in [7, 11) is 0. The normalized spacial score (nSPS) is 50.4. The Balaban J connectivity index is 1.74. The smallest absolute Gasteiger partial charge is 0.220 e. The van der Waals surface area contributed by atoms with Gasteiger partial charge in [0.15, 0.2) is 11.5 Å². The maximum atomic E-state index is 12.8. The Hall–Kier alpha value is -1.50. The summed E-state index contributed by atoms with van der Waals surface area (Å²) in [5.41, 5.74) is 1.12. The maximum Gasteiger partial charge on any atom is 0.220 e. The molecule has 0 radical (unpaired) electrons. The van der Waals surface area contributed by atoms with Gasteiger partial charge in [-0.1, -0.05) is 62.7 Å². The van der Waals surface area contributed by atoms with Crippen LogP contribution in [0.2, 0.25) is 0 Å². The van der Waals surface area contributed by atoms with Gasteiger partial charge in [0.2, 0.25) is 5.78 Å². The first-order chi connectivity index (χ1) is 15.7. The van der Waals surface area contributed by atoms with Crippen LogP contribution in [0.25, 0.3) is 0 Å². The predicted octanol–water partition coefficient (Wildman–Crippen LogP) is 4.74. The molecular formula is C28H35BrO5. The van der Waals surface area contributed by atoms with E-state index in [0.717, 1.165) is 23.1 Å². The van der Waals surface area contributed by atoms with Crippen molar-refractivity contribution in [3.8, 4) is 0 Å². The number of hydrogen-bond acceptors (Lipinski definition) is 5. The molecule has 3 N–H and O–H groups in total. The van der Waals surface area contributed by atoms with E-state index < -0.39 is 33.9 Å². The molecule has 184 valence electrons. The standard InChI is InChI=1S/C28H35BrO5/c1-13-9-19-25(3,24(34)22(13)32)12-21(31)28(6)18-8-7-15-14(2)23(33)17(30)10-16(15)27(18,5)20(29)11-26(19,28)4/h7-8,10,13,19-21,24,31,33-34H,9,11-12H2,1-6H3. The Bertz CT molecular complexity index is 1150. The highest BCUT2D eigenvalue weighted by Crippen LogP contribution is 2.75. The van der Waals surface area contributed by atoms with Crippen LogP contribution in [-0.2, 0) is 9.59 Å². The quantitative estimate of drug-likeness (QED) is 0.393. The molecule has 5 aliphatic carbocycles. The minimum absolute atomic E-state index is 0.0413. The number of aliphatic hydroxyl groups excluding tert-OH is 3. The lowest BCUT2D eigenvalue weighted by Gasteiger charge is -2.71. The van der Waals surface area contributed by atoms with E-state index in [1.165, 1.54) is 0 Å². The highest BCUT2D eigenvalue weighted by atomic mass is 79.9. The first kappa shape index (κ1) is 24.2. The lowest BCUT2D eigenvalue weighted by atomic mass is 9.34. The van der Waals surface area contributed by atoms with E-state index in [2.05, 4.69) is 42.8 Å². The molecule has 9 unspecified atom stereocenters. The molecule has 5 nitrogen and oxygen atoms in total. The largest absolute Gasteiger partial charge is 0.504 e. The number of aliphatic hydroxyl groups is 3. The third-order valence-electron chi connectivity index (χ3n) is 10.9. The third kappa shape index (κ3) is 2.53. The van der Waals surface area contributed by atoms with Crippen LogP contribution < -0.4 is 0 Å². The van der Waals surface area contributed by atoms with E-state index in [1.807, 2.05) is 19.9 Å². The van der Waals surface area contributed by atoms with Gasteiger partial charge in [0, 0.05) is 32.6 Å². The predicted molar refractivity (Wildman–Crippen MR) is 133 cm³/mol. The van der Waals surface area contributed by atoms with E-state index in [0.29, 0.717) is 18.4 Å². The highest BCUT2D eigenvalue weighted by molar-refractivity contribution is 9.09. The molecular weight excluding hydrogens is 496 g/mol. The monoisotopic (exact) mass is 530 g/mol. The number of ketones is 2. The molecule has 9 atom stereocenters. The summed E-state index contributed by atoms with van der Waals surface area (Å²) in [6.45, 7) is 12.1. The zero-order valence-electron chi connectivity index (χ0n) is 20.8. The second-order valence-electron chi connectivity index (χ2n) is 12.3. The topological polar surface area (TPSA) is 94.8 Å². The lowest BCUT2D eigenvalue weighted by molar-refractivity contribution is -0.224. The third-order valence-corrected chi connectivity index (χ3v) is 12.1. The SMILES string of the molecule is CC1=C(O)C(=O)C=C2C1=CC=C1C2(C)C(Br)CC2(C)C3CC(C)C(=O)C(O)C3(C)CC(O)C12C. The number of Topliss-reactive ketones (excluding diaryl/α,β-unsaturated/α-hetero) is 1. The van der Waals surface area contributed by atoms with Crippen LogP contribution in [0.15, 0.2) is 46.3 Å². The van der Waals surface area contributed by atoms with Crippen LogP contribution in [0, 0.1) is 33.5 Å². The molecule has 0 heterocycles. The first-order valence-electron chi connectivity index (χ1n) is 12.3. The van der Waals surface area contributed by atoms with Crippen molar-refractivity contribution < 1.29 is 24.9 Å². The van der Waals surface area contributed by atoms with E-state index in [1.54, 1.807) is 13.0 Å². The second kappa shape index (κ2) is 7.04. The minimum Gasteiger partial charge on any atom is -0.504 e. The summed E-state index contributed by atoms with van der Waals surface area (Å²) < 4.78 is 0. The van der Waals surface area contributed by atoms with Crippen LogP contribution in [0.3, 0.4) is 0 Å². The lowest BCUT2D eigenvalue weighted by Crippen LogP contribution is -2.71. The van der Waals surface area contributed by atoms with E-state index in [4.69, 9.17) is 0 Å². The average Bonchev–Trinajstić information content (AvgIpc) is 2.77. The number of fused-ring (bicyclic) bond motifs is 7. The van der Waals surface area contributed by atoms with Crippen molar-refractivity contribution in [2.75, 3.05) is 0 Å². The zero-order chi connectivity index (χ0) is 25.2. The van der Waals surface area contributed by atoms with Gasteiger partial charge in [-0.3, -0.25) is 9.59 Å². The fourth-order valence-electron chi connectivity index (χ4n) is 8.52. The fraction of sp³-hybridized carbons (Fsp3) is 0.643. The van der Waals surface area contributed by atoms with Crippen molar-refractivity contribution in [2.24, 2.45) is 33.5 Å². The Morgan fingerprint density at radius 3 is 2.35 bits per heavy atom. The molecule has 5 rings (SSSR count). The number of allylic oxidation sites excluding steroid dienone is 6. The Morgan fingerprint density at radius 1 is 1.06 bits per heavy atom. The van der Waals surface area contributed by atoms with Crippen LogP contribution >= 0.6 is 15.9 Å². The summed E-state index contributed by atoms with van der Waals surface area (Å²) in [6.07, 6.45) is 5.53. The van der Waals surface area contributed by atoms with Gasteiger partial charge in [-0.15, -0.1) is 0 Å². The van der Waals surface area contributed by atoms with E-state index >= 15 is 0 Å². The van der Waals surface area contributed by atoms with Crippen molar-refractivity contribution in [1.29, 1.82) is 0 Å². The van der Waals surface area contributed by atoms with Gasteiger partial charge in [-0.05, 0) is 60.3 Å². The summed E-state index contributed by atoms with van der Waals surface area (Å²) in [4.78, 5) is 25.4. The second-order valence-corrected chi connectivity index (χ2v) is 13.4. The Labute approximate surface area is 209 Å². The van der Waals surface area contributed by atoms with Crippen molar-refractivity contribution in [3.63, 3.8) is 0 Å². The number of hydrogen-bond donors (Lipinski definition) is 3. The molecule has 6 heteroatoms. The van der Waals surface area contributed by atoms with Crippen LogP contribution in [0.1, 0.15) is 60.8 Å². The number of carbonyl (C=O) groups is 2. The highest BCUT2D eigenvalue weighted by Gasteiger charge is 2.72. The molecule has 0 amide bonds. The van der Waals surface area contributed by atoms with Gasteiger partial charge in [-0.25, -0.2) is 0 Å².